The largest absolute Gasteiger partial charge is 0.497 e. The number of fused-ring (bicyclic) bond motifs is 1. The first kappa shape index (κ1) is 26.7. The number of ether oxygens (including phenoxy) is 3. The molecule has 0 aliphatic carbocycles. The molecule has 0 radical (unpaired) electrons. The predicted molar refractivity (Wildman–Crippen MR) is 152 cm³/mol. The van der Waals surface area contributed by atoms with Crippen LogP contribution in [0.3, 0.4) is 0 Å². The standard InChI is InChI=1S/C28H31ClN6O4/c1-37-15-14-34-10-12-35(13-11-34)19-6-4-18(5-7-19)28(36)31-27-21-8-9-23(30-26(21)32-33-27)22-16-20(38-2)17-24(39-3)25(22)29/h4-9,16-17H,10-15H2,1-3H3,(H2,30,31,32,33,36). The van der Waals surface area contributed by atoms with E-state index in [0.717, 1.165) is 45.0 Å². The summed E-state index contributed by atoms with van der Waals surface area (Å²) >= 11 is 6.54. The fourth-order valence-electron chi connectivity index (χ4n) is 4.63. The molecule has 11 heteroatoms. The maximum Gasteiger partial charge on any atom is 0.256 e. The number of carbonyl (C=O) groups excluding carboxylic acids is 1. The first-order chi connectivity index (χ1) is 19.0. The minimum atomic E-state index is -0.246. The Kier molecular flexibility index (Phi) is 8.16. The Morgan fingerprint density at radius 2 is 1.79 bits per heavy atom. The van der Waals surface area contributed by atoms with Gasteiger partial charge in [0.15, 0.2) is 11.5 Å². The topological polar surface area (TPSA) is 105 Å². The predicted octanol–water partition coefficient (Wildman–Crippen LogP) is 4.32. The molecular weight excluding hydrogens is 520 g/mol. The number of pyridine rings is 1. The number of rotatable bonds is 9. The second kappa shape index (κ2) is 11.9. The van der Waals surface area contributed by atoms with E-state index in [1.165, 1.54) is 0 Å². The van der Waals surface area contributed by atoms with Crippen molar-refractivity contribution in [2.24, 2.45) is 0 Å². The van der Waals surface area contributed by atoms with E-state index in [0.29, 0.717) is 50.2 Å². The molecule has 0 unspecified atom stereocenters. The van der Waals surface area contributed by atoms with E-state index in [1.807, 2.05) is 36.4 Å². The number of carbonyl (C=O) groups is 1. The molecule has 2 aromatic heterocycles. The van der Waals surface area contributed by atoms with Gasteiger partial charge in [-0.1, -0.05) is 11.6 Å². The lowest BCUT2D eigenvalue weighted by Crippen LogP contribution is -2.47. The summed E-state index contributed by atoms with van der Waals surface area (Å²) in [5.41, 5.74) is 3.44. The maximum absolute atomic E-state index is 13.0. The molecule has 1 fully saturated rings. The summed E-state index contributed by atoms with van der Waals surface area (Å²) in [4.78, 5) is 22.4. The Hall–Kier alpha value is -3.86. The van der Waals surface area contributed by atoms with E-state index >= 15 is 0 Å². The summed E-state index contributed by atoms with van der Waals surface area (Å²) in [5.74, 6) is 1.24. The third kappa shape index (κ3) is 5.78. The zero-order valence-electron chi connectivity index (χ0n) is 22.2. The van der Waals surface area contributed by atoms with Crippen LogP contribution >= 0.6 is 11.6 Å². The summed E-state index contributed by atoms with van der Waals surface area (Å²) in [7, 11) is 4.85. The highest BCUT2D eigenvalue weighted by atomic mass is 35.5. The molecule has 5 rings (SSSR count). The number of nitrogens with zero attached hydrogens (tertiary/aromatic N) is 4. The second-order valence-electron chi connectivity index (χ2n) is 9.18. The second-order valence-corrected chi connectivity index (χ2v) is 9.56. The van der Waals surface area contributed by atoms with Crippen LogP contribution < -0.4 is 19.7 Å². The summed E-state index contributed by atoms with van der Waals surface area (Å²) in [5, 5.41) is 11.2. The molecule has 4 aromatic rings. The first-order valence-electron chi connectivity index (χ1n) is 12.7. The number of nitrogens with one attached hydrogen (secondary N) is 2. The molecule has 204 valence electrons. The molecule has 10 nitrogen and oxygen atoms in total. The molecule has 1 saturated heterocycles. The van der Waals surface area contributed by atoms with Crippen molar-refractivity contribution in [2.45, 2.75) is 0 Å². The summed E-state index contributed by atoms with van der Waals surface area (Å²) in [6.07, 6.45) is 0. The van der Waals surface area contributed by atoms with Gasteiger partial charge in [0.05, 0.1) is 36.9 Å². The van der Waals surface area contributed by atoms with E-state index in [9.17, 15) is 4.79 Å². The van der Waals surface area contributed by atoms with Crippen LogP contribution in [0.15, 0.2) is 48.5 Å². The molecule has 1 aliphatic heterocycles. The molecule has 1 aliphatic rings. The van der Waals surface area contributed by atoms with Crippen LogP contribution in [0.25, 0.3) is 22.3 Å². The number of H-pyrrole nitrogens is 1. The van der Waals surface area contributed by atoms with Gasteiger partial charge in [0.25, 0.3) is 5.91 Å². The smallest absolute Gasteiger partial charge is 0.256 e. The van der Waals surface area contributed by atoms with Crippen molar-refractivity contribution in [1.29, 1.82) is 0 Å². The van der Waals surface area contributed by atoms with Gasteiger partial charge in [0, 0.05) is 62.7 Å². The lowest BCUT2D eigenvalue weighted by Gasteiger charge is -2.36. The lowest BCUT2D eigenvalue weighted by molar-refractivity contribution is 0.102. The minimum Gasteiger partial charge on any atom is -0.497 e. The number of amides is 1. The van der Waals surface area contributed by atoms with Crippen molar-refractivity contribution in [2.75, 3.05) is 70.9 Å². The Balaban J connectivity index is 1.28. The van der Waals surface area contributed by atoms with E-state index in [1.54, 1.807) is 33.5 Å². The average Bonchev–Trinajstić information content (AvgIpc) is 3.38. The lowest BCUT2D eigenvalue weighted by atomic mass is 10.1. The quantitative estimate of drug-likeness (QED) is 0.317. The van der Waals surface area contributed by atoms with Crippen LogP contribution in [0.4, 0.5) is 11.5 Å². The summed E-state index contributed by atoms with van der Waals surface area (Å²) in [6.45, 7) is 5.56. The van der Waals surface area contributed by atoms with Gasteiger partial charge in [-0.15, -0.1) is 0 Å². The fraction of sp³-hybridized carbons (Fsp3) is 0.321. The number of halogens is 1. The Labute approximate surface area is 231 Å². The number of methoxy groups -OCH3 is 3. The fourth-order valence-corrected chi connectivity index (χ4v) is 4.91. The SMILES string of the molecule is COCCN1CCN(c2ccc(C(=O)Nc3n[nH]c4nc(-c5cc(OC)cc(OC)c5Cl)ccc34)cc2)CC1. The van der Waals surface area contributed by atoms with Crippen LogP contribution in [0.5, 0.6) is 11.5 Å². The molecule has 39 heavy (non-hydrogen) atoms. The van der Waals surface area contributed by atoms with Crippen molar-refractivity contribution in [1.82, 2.24) is 20.1 Å². The molecule has 0 spiro atoms. The summed E-state index contributed by atoms with van der Waals surface area (Å²) < 4.78 is 15.9. The van der Waals surface area contributed by atoms with Gasteiger partial charge in [-0.3, -0.25) is 14.8 Å². The number of piperazine rings is 1. The van der Waals surface area contributed by atoms with Gasteiger partial charge in [-0.2, -0.15) is 5.10 Å². The summed E-state index contributed by atoms with van der Waals surface area (Å²) in [6, 6.07) is 14.8. The Morgan fingerprint density at radius 1 is 1.03 bits per heavy atom. The van der Waals surface area contributed by atoms with E-state index < -0.39 is 0 Å². The van der Waals surface area contributed by atoms with Gasteiger partial charge < -0.3 is 24.4 Å². The molecule has 2 aromatic carbocycles. The zero-order chi connectivity index (χ0) is 27.4. The molecule has 0 saturated carbocycles. The van der Waals surface area contributed by atoms with Crippen molar-refractivity contribution in [3.63, 3.8) is 0 Å². The number of anilines is 2. The zero-order valence-corrected chi connectivity index (χ0v) is 22.9. The Morgan fingerprint density at radius 3 is 2.49 bits per heavy atom. The van der Waals surface area contributed by atoms with Crippen molar-refractivity contribution in [3.05, 3.63) is 59.1 Å². The highest BCUT2D eigenvalue weighted by Crippen LogP contribution is 2.39. The van der Waals surface area contributed by atoms with Crippen LogP contribution in [-0.4, -0.2) is 86.6 Å². The van der Waals surface area contributed by atoms with Gasteiger partial charge >= 0.3 is 0 Å². The van der Waals surface area contributed by atoms with Crippen molar-refractivity contribution >= 4 is 40.0 Å². The molecule has 0 atom stereocenters. The monoisotopic (exact) mass is 550 g/mol. The molecule has 0 bridgehead atoms. The number of hydrogen-bond donors (Lipinski definition) is 2. The number of benzene rings is 2. The first-order valence-corrected chi connectivity index (χ1v) is 13.0. The molecule has 1 amide bonds. The van der Waals surface area contributed by atoms with Gasteiger partial charge in [0.2, 0.25) is 0 Å². The molecule has 3 heterocycles. The number of hydrogen-bond acceptors (Lipinski definition) is 8. The van der Waals surface area contributed by atoms with E-state index in [-0.39, 0.29) is 5.91 Å². The number of aromatic amines is 1. The van der Waals surface area contributed by atoms with Gasteiger partial charge in [-0.25, -0.2) is 4.98 Å². The normalized spacial score (nSPS) is 14.0. The van der Waals surface area contributed by atoms with Crippen molar-refractivity contribution < 1.29 is 19.0 Å². The van der Waals surface area contributed by atoms with E-state index in [4.69, 9.17) is 25.8 Å². The third-order valence-corrected chi connectivity index (χ3v) is 7.27. The van der Waals surface area contributed by atoms with Crippen molar-refractivity contribution in [3.8, 4) is 22.8 Å². The number of aromatic nitrogens is 3. The average molecular weight is 551 g/mol. The highest BCUT2D eigenvalue weighted by Gasteiger charge is 2.19. The van der Waals surface area contributed by atoms with Crippen LogP contribution in [0, 0.1) is 0 Å². The maximum atomic E-state index is 13.0. The van der Waals surface area contributed by atoms with Crippen LogP contribution in [0.1, 0.15) is 10.4 Å². The molecular formula is C28H31ClN6O4. The third-order valence-electron chi connectivity index (χ3n) is 6.88. The van der Waals surface area contributed by atoms with Gasteiger partial charge in [-0.05, 0) is 42.5 Å². The highest BCUT2D eigenvalue weighted by molar-refractivity contribution is 6.34. The Bertz CT molecular complexity index is 1450. The molecule has 2 N–H and O–H groups in total. The van der Waals surface area contributed by atoms with Crippen LogP contribution in [0.2, 0.25) is 5.02 Å². The van der Waals surface area contributed by atoms with E-state index in [2.05, 4.69) is 30.3 Å². The minimum absolute atomic E-state index is 0.246. The van der Waals surface area contributed by atoms with Crippen LogP contribution in [-0.2, 0) is 4.74 Å². The van der Waals surface area contributed by atoms with Gasteiger partial charge in [0.1, 0.15) is 11.5 Å².